The molecule has 0 radical (unpaired) electrons. The van der Waals surface area contributed by atoms with Crippen LogP contribution in [0.5, 0.6) is 0 Å². The molecule has 1 unspecified atom stereocenters. The van der Waals surface area contributed by atoms with Gasteiger partial charge in [0.25, 0.3) is 5.91 Å². The topological polar surface area (TPSA) is 80.8 Å². The molecule has 2 aromatic rings. The van der Waals surface area contributed by atoms with Gasteiger partial charge in [0.05, 0.1) is 6.42 Å². The van der Waals surface area contributed by atoms with E-state index in [0.29, 0.717) is 23.4 Å². The van der Waals surface area contributed by atoms with Crippen molar-refractivity contribution in [2.45, 2.75) is 44.1 Å². The molecule has 1 aliphatic carbocycles. The molecule has 1 saturated carbocycles. The molecule has 1 amide bonds. The fraction of sp³-hybridized carbons (Fsp3) is 0.360. The number of esters is 1. The maximum Gasteiger partial charge on any atom is 0.306 e. The number of ketones is 2. The van der Waals surface area contributed by atoms with E-state index in [1.165, 1.54) is 36.2 Å². The molecule has 2 aromatic carbocycles. The largest absolute Gasteiger partial charge is 0.456 e. The smallest absolute Gasteiger partial charge is 0.306 e. The average molecular weight is 474 g/mol. The number of amides is 1. The molecule has 0 bridgehead atoms. The zero-order chi connectivity index (χ0) is 24.0. The minimum absolute atomic E-state index is 0.103. The number of halogens is 2. The van der Waals surface area contributed by atoms with E-state index in [9.17, 15) is 23.6 Å². The Morgan fingerprint density at radius 1 is 1.06 bits per heavy atom. The van der Waals surface area contributed by atoms with Crippen molar-refractivity contribution in [3.63, 3.8) is 0 Å². The summed E-state index contributed by atoms with van der Waals surface area (Å²) in [5, 5.41) is 0.392. The zero-order valence-corrected chi connectivity index (χ0v) is 19.1. The number of nitrogens with zero attached hydrogens (tertiary/aromatic N) is 1. The van der Waals surface area contributed by atoms with Gasteiger partial charge in [-0.1, -0.05) is 29.8 Å². The van der Waals surface area contributed by atoms with Gasteiger partial charge in [-0.2, -0.15) is 0 Å². The number of rotatable bonds is 8. The summed E-state index contributed by atoms with van der Waals surface area (Å²) in [6.45, 7) is -0.556. The second-order valence-corrected chi connectivity index (χ2v) is 8.42. The molecule has 174 valence electrons. The molecule has 6 nitrogen and oxygen atoms in total. The first-order chi connectivity index (χ1) is 15.8. The highest BCUT2D eigenvalue weighted by Crippen LogP contribution is 2.42. The number of likely N-dealkylation sites (N-methyl/N-ethyl adjacent to an activating group) is 1. The molecule has 1 aliphatic rings. The Bertz CT molecular complexity index is 1060. The standard InChI is InChI=1S/C25H25ClFNO5/c1-28(25(15-5-4-8-22(25)30)19-6-2-3-7-20(19)26)23(31)16-33-24(32)14-13-21(29)17-9-11-18(27)12-10-17/h2-3,6-7,9-12H,4-5,8,13-16H2,1H3. The van der Waals surface area contributed by atoms with Crippen LogP contribution in [0, 0.1) is 5.82 Å². The summed E-state index contributed by atoms with van der Waals surface area (Å²) in [5.74, 6) is -2.15. The number of carbonyl (C=O) groups excluding carboxylic acids is 4. The molecule has 33 heavy (non-hydrogen) atoms. The third-order valence-corrected chi connectivity index (χ3v) is 6.33. The summed E-state index contributed by atoms with van der Waals surface area (Å²) < 4.78 is 18.1. The Morgan fingerprint density at radius 2 is 1.76 bits per heavy atom. The predicted molar refractivity (Wildman–Crippen MR) is 120 cm³/mol. The summed E-state index contributed by atoms with van der Waals surface area (Å²) in [4.78, 5) is 51.6. The van der Waals surface area contributed by atoms with E-state index in [-0.39, 0.29) is 30.0 Å². The number of ether oxygens (including phenoxy) is 1. The van der Waals surface area contributed by atoms with Crippen molar-refractivity contribution in [2.75, 3.05) is 13.7 Å². The minimum Gasteiger partial charge on any atom is -0.456 e. The van der Waals surface area contributed by atoms with Crippen LogP contribution >= 0.6 is 11.6 Å². The van der Waals surface area contributed by atoms with Crippen molar-refractivity contribution in [1.82, 2.24) is 4.90 Å². The first-order valence-corrected chi connectivity index (χ1v) is 11.1. The van der Waals surface area contributed by atoms with Gasteiger partial charge in [0.1, 0.15) is 11.4 Å². The Hall–Kier alpha value is -3.06. The Balaban J connectivity index is 1.63. The lowest BCUT2D eigenvalue weighted by atomic mass is 9.74. The first-order valence-electron chi connectivity index (χ1n) is 10.7. The maximum absolute atomic E-state index is 13.1. The van der Waals surface area contributed by atoms with E-state index in [4.69, 9.17) is 16.3 Å². The van der Waals surface area contributed by atoms with Crippen molar-refractivity contribution in [3.05, 3.63) is 70.5 Å². The molecule has 8 heteroatoms. The number of carbonyl (C=O) groups is 4. The van der Waals surface area contributed by atoms with Crippen LogP contribution in [0.2, 0.25) is 5.02 Å². The van der Waals surface area contributed by atoms with Gasteiger partial charge in [-0.15, -0.1) is 0 Å². The van der Waals surface area contributed by atoms with Gasteiger partial charge >= 0.3 is 5.97 Å². The second-order valence-electron chi connectivity index (χ2n) is 8.01. The summed E-state index contributed by atoms with van der Waals surface area (Å²) in [6, 6.07) is 12.0. The highest BCUT2D eigenvalue weighted by Gasteiger charge is 2.47. The van der Waals surface area contributed by atoms with E-state index in [0.717, 1.165) is 12.8 Å². The van der Waals surface area contributed by atoms with Crippen LogP contribution in [0.1, 0.15) is 54.4 Å². The van der Waals surface area contributed by atoms with E-state index >= 15 is 0 Å². The van der Waals surface area contributed by atoms with Gasteiger partial charge in [0, 0.05) is 36.0 Å². The quantitative estimate of drug-likeness (QED) is 0.417. The molecular formula is C25H25ClFNO5. The molecule has 0 aliphatic heterocycles. The summed E-state index contributed by atoms with van der Waals surface area (Å²) in [6.07, 6.45) is 1.90. The zero-order valence-electron chi connectivity index (χ0n) is 18.3. The molecule has 0 heterocycles. The summed E-state index contributed by atoms with van der Waals surface area (Å²) >= 11 is 6.39. The Kier molecular flexibility index (Phi) is 7.97. The normalized spacial score (nSPS) is 18.0. The highest BCUT2D eigenvalue weighted by molar-refractivity contribution is 6.31. The van der Waals surface area contributed by atoms with E-state index in [1.807, 2.05) is 0 Å². The number of hydrogen-bond acceptors (Lipinski definition) is 5. The molecule has 0 spiro atoms. The van der Waals surface area contributed by atoms with Crippen LogP contribution in [0.3, 0.4) is 0 Å². The van der Waals surface area contributed by atoms with Crippen molar-refractivity contribution >= 4 is 35.0 Å². The number of benzene rings is 2. The van der Waals surface area contributed by atoms with Crippen molar-refractivity contribution in [3.8, 4) is 0 Å². The van der Waals surface area contributed by atoms with E-state index in [1.54, 1.807) is 24.3 Å². The number of hydrogen-bond donors (Lipinski definition) is 0. The highest BCUT2D eigenvalue weighted by atomic mass is 35.5. The van der Waals surface area contributed by atoms with Crippen molar-refractivity contribution in [2.24, 2.45) is 0 Å². The van der Waals surface area contributed by atoms with E-state index < -0.39 is 29.8 Å². The lowest BCUT2D eigenvalue weighted by Crippen LogP contribution is -2.55. The lowest BCUT2D eigenvalue weighted by Gasteiger charge is -2.43. The third kappa shape index (κ3) is 5.47. The Labute approximate surface area is 196 Å². The SMILES string of the molecule is CN(C(=O)COC(=O)CCC(=O)c1ccc(F)cc1)C1(c2ccccc2Cl)CCCCC1=O. The monoisotopic (exact) mass is 473 g/mol. The van der Waals surface area contributed by atoms with Crippen LogP contribution < -0.4 is 0 Å². The van der Waals surface area contributed by atoms with Gasteiger partial charge in [0.2, 0.25) is 0 Å². The van der Waals surface area contributed by atoms with Gasteiger partial charge in [-0.05, 0) is 49.6 Å². The van der Waals surface area contributed by atoms with Gasteiger partial charge < -0.3 is 9.64 Å². The van der Waals surface area contributed by atoms with Crippen molar-refractivity contribution < 1.29 is 28.3 Å². The fourth-order valence-electron chi connectivity index (χ4n) is 4.15. The maximum atomic E-state index is 13.1. The molecule has 1 atom stereocenters. The molecule has 3 rings (SSSR count). The molecule has 0 saturated heterocycles. The van der Waals surface area contributed by atoms with Crippen molar-refractivity contribution in [1.29, 1.82) is 0 Å². The predicted octanol–water partition coefficient (Wildman–Crippen LogP) is 4.48. The minimum atomic E-state index is -1.21. The van der Waals surface area contributed by atoms with Crippen LogP contribution in [-0.4, -0.2) is 42.0 Å². The van der Waals surface area contributed by atoms with E-state index in [2.05, 4.69) is 0 Å². The summed E-state index contributed by atoms with van der Waals surface area (Å²) in [7, 11) is 1.51. The summed E-state index contributed by atoms with van der Waals surface area (Å²) in [5.41, 5.74) is -0.362. The van der Waals surface area contributed by atoms with Gasteiger partial charge in [0.15, 0.2) is 18.2 Å². The van der Waals surface area contributed by atoms with Crippen LogP contribution in [0.25, 0.3) is 0 Å². The second kappa shape index (κ2) is 10.7. The van der Waals surface area contributed by atoms with Crippen LogP contribution in [0.4, 0.5) is 4.39 Å². The molecule has 1 fully saturated rings. The van der Waals surface area contributed by atoms with Crippen LogP contribution in [-0.2, 0) is 24.7 Å². The van der Waals surface area contributed by atoms with Gasteiger partial charge in [-0.25, -0.2) is 4.39 Å². The number of Topliss-reactive ketones (excluding diaryl/α,β-unsaturated/α-hetero) is 2. The van der Waals surface area contributed by atoms with Crippen LogP contribution in [0.15, 0.2) is 48.5 Å². The average Bonchev–Trinajstić information content (AvgIpc) is 2.82. The fourth-order valence-corrected chi connectivity index (χ4v) is 4.44. The van der Waals surface area contributed by atoms with Gasteiger partial charge in [-0.3, -0.25) is 19.2 Å². The first kappa shape index (κ1) is 24.6. The molecule has 0 aromatic heterocycles. The Morgan fingerprint density at radius 3 is 2.42 bits per heavy atom. The molecule has 0 N–H and O–H groups in total. The third-order valence-electron chi connectivity index (χ3n) is 6.00. The lowest BCUT2D eigenvalue weighted by molar-refractivity contribution is -0.157. The molecular weight excluding hydrogens is 449 g/mol.